The Bertz CT molecular complexity index is 208. The first-order valence-electron chi connectivity index (χ1n) is 5.13. The number of amides is 1. The second kappa shape index (κ2) is 5.12. The minimum atomic E-state index is -0.116. The van der Waals surface area contributed by atoms with Crippen LogP contribution in [0.15, 0.2) is 0 Å². The number of rotatable bonds is 3. The number of aliphatic hydroxyl groups excluding tert-OH is 1. The highest BCUT2D eigenvalue weighted by Crippen LogP contribution is 2.22. The first-order valence-corrected chi connectivity index (χ1v) is 6.05. The van der Waals surface area contributed by atoms with Crippen LogP contribution in [0.25, 0.3) is 0 Å². The number of carbonyl (C=O) groups excluding carboxylic acids is 1. The van der Waals surface area contributed by atoms with Crippen LogP contribution < -0.4 is 0 Å². The molecular formula is C10H18BrNO2. The molecule has 1 rings (SSSR count). The Hall–Kier alpha value is -0.0900. The molecule has 1 N–H and O–H groups in total. The van der Waals surface area contributed by atoms with Gasteiger partial charge in [0.1, 0.15) is 0 Å². The molecular weight excluding hydrogens is 246 g/mol. The summed E-state index contributed by atoms with van der Waals surface area (Å²) in [7, 11) is 0. The monoisotopic (exact) mass is 263 g/mol. The van der Waals surface area contributed by atoms with Crippen LogP contribution in [0.2, 0.25) is 0 Å². The van der Waals surface area contributed by atoms with E-state index in [0.29, 0.717) is 5.92 Å². The second-order valence-electron chi connectivity index (χ2n) is 4.16. The van der Waals surface area contributed by atoms with E-state index in [1.165, 1.54) is 0 Å². The van der Waals surface area contributed by atoms with E-state index in [0.717, 1.165) is 19.4 Å². The van der Waals surface area contributed by atoms with Crippen molar-refractivity contribution < 1.29 is 9.90 Å². The van der Waals surface area contributed by atoms with Gasteiger partial charge in [-0.1, -0.05) is 29.8 Å². The van der Waals surface area contributed by atoms with Gasteiger partial charge in [0.2, 0.25) is 5.91 Å². The molecule has 0 aliphatic carbocycles. The largest absolute Gasteiger partial charge is 0.394 e. The summed E-state index contributed by atoms with van der Waals surface area (Å²) in [5.41, 5.74) is 0. The maximum Gasteiger partial charge on any atom is 0.236 e. The summed E-state index contributed by atoms with van der Waals surface area (Å²) in [5.74, 6) is 0.416. The molecule has 1 saturated heterocycles. The molecule has 82 valence electrons. The molecule has 1 heterocycles. The fraction of sp³-hybridized carbons (Fsp3) is 0.900. The Balaban J connectivity index is 2.59. The molecule has 0 spiro atoms. The molecule has 0 bridgehead atoms. The lowest BCUT2D eigenvalue weighted by Crippen LogP contribution is -2.43. The lowest BCUT2D eigenvalue weighted by molar-refractivity contribution is -0.132. The smallest absolute Gasteiger partial charge is 0.236 e. The Labute approximate surface area is 93.6 Å². The topological polar surface area (TPSA) is 40.5 Å². The standard InChI is InChI=1S/C10H18BrNO2/c1-7(2)9(11)10(14)12-5-3-4-8(12)6-13/h7-9,13H,3-6H2,1-2H3. The highest BCUT2D eigenvalue weighted by atomic mass is 79.9. The molecule has 1 aliphatic heterocycles. The van der Waals surface area contributed by atoms with Crippen molar-refractivity contribution in [3.63, 3.8) is 0 Å². The lowest BCUT2D eigenvalue weighted by atomic mass is 10.1. The number of nitrogens with zero attached hydrogens (tertiary/aromatic N) is 1. The molecule has 1 amide bonds. The van der Waals surface area contributed by atoms with Crippen molar-refractivity contribution in [1.82, 2.24) is 4.90 Å². The van der Waals surface area contributed by atoms with Crippen molar-refractivity contribution in [2.75, 3.05) is 13.2 Å². The summed E-state index contributed by atoms with van der Waals surface area (Å²) in [6, 6.07) is 0.0429. The minimum absolute atomic E-state index is 0.0429. The summed E-state index contributed by atoms with van der Waals surface area (Å²) in [6.45, 7) is 4.91. The van der Waals surface area contributed by atoms with Crippen LogP contribution in [0, 0.1) is 5.92 Å². The number of halogens is 1. The SMILES string of the molecule is CC(C)C(Br)C(=O)N1CCCC1CO. The number of hydrogen-bond donors (Lipinski definition) is 1. The Kier molecular flexibility index (Phi) is 4.38. The summed E-state index contributed by atoms with van der Waals surface area (Å²) < 4.78 is 0. The van der Waals surface area contributed by atoms with Gasteiger partial charge in [0.05, 0.1) is 17.5 Å². The number of alkyl halides is 1. The van der Waals surface area contributed by atoms with Gasteiger partial charge < -0.3 is 10.0 Å². The van der Waals surface area contributed by atoms with E-state index in [2.05, 4.69) is 15.9 Å². The van der Waals surface area contributed by atoms with E-state index in [-0.39, 0.29) is 23.4 Å². The molecule has 14 heavy (non-hydrogen) atoms. The van der Waals surface area contributed by atoms with Gasteiger partial charge in [0, 0.05) is 6.54 Å². The maximum absolute atomic E-state index is 11.9. The predicted octanol–water partition coefficient (Wildman–Crippen LogP) is 1.39. The summed E-state index contributed by atoms with van der Waals surface area (Å²) >= 11 is 3.40. The first-order chi connectivity index (χ1) is 6.57. The second-order valence-corrected chi connectivity index (χ2v) is 5.14. The average molecular weight is 264 g/mol. The third-order valence-corrected chi connectivity index (χ3v) is 4.14. The summed E-state index contributed by atoms with van der Waals surface area (Å²) in [4.78, 5) is 13.6. The van der Waals surface area contributed by atoms with Crippen LogP contribution in [-0.2, 0) is 4.79 Å². The number of hydrogen-bond acceptors (Lipinski definition) is 2. The molecule has 1 fully saturated rings. The molecule has 1 aliphatic rings. The van der Waals surface area contributed by atoms with Gasteiger partial charge in [-0.05, 0) is 18.8 Å². The van der Waals surface area contributed by atoms with Gasteiger partial charge in [0.25, 0.3) is 0 Å². The van der Waals surface area contributed by atoms with Crippen molar-refractivity contribution in [2.24, 2.45) is 5.92 Å². The van der Waals surface area contributed by atoms with Crippen molar-refractivity contribution >= 4 is 21.8 Å². The van der Waals surface area contributed by atoms with Crippen LogP contribution in [0.5, 0.6) is 0 Å². The Morgan fingerprint density at radius 2 is 2.29 bits per heavy atom. The van der Waals surface area contributed by atoms with Crippen molar-refractivity contribution in [1.29, 1.82) is 0 Å². The van der Waals surface area contributed by atoms with E-state index >= 15 is 0 Å². The van der Waals surface area contributed by atoms with Crippen molar-refractivity contribution in [3.8, 4) is 0 Å². The van der Waals surface area contributed by atoms with Gasteiger partial charge in [-0.2, -0.15) is 0 Å². The number of carbonyl (C=O) groups is 1. The molecule has 0 aromatic rings. The molecule has 4 heteroatoms. The number of likely N-dealkylation sites (tertiary alicyclic amines) is 1. The summed E-state index contributed by atoms with van der Waals surface area (Å²) in [5, 5.41) is 9.10. The summed E-state index contributed by atoms with van der Waals surface area (Å²) in [6.07, 6.45) is 1.94. The molecule has 3 nitrogen and oxygen atoms in total. The zero-order chi connectivity index (χ0) is 10.7. The van der Waals surface area contributed by atoms with E-state index in [4.69, 9.17) is 5.11 Å². The third kappa shape index (κ3) is 2.48. The van der Waals surface area contributed by atoms with E-state index in [9.17, 15) is 4.79 Å². The van der Waals surface area contributed by atoms with Gasteiger partial charge in [-0.15, -0.1) is 0 Å². The van der Waals surface area contributed by atoms with Crippen LogP contribution in [0.3, 0.4) is 0 Å². The predicted molar refractivity (Wildman–Crippen MR) is 59.4 cm³/mol. The highest BCUT2D eigenvalue weighted by molar-refractivity contribution is 9.10. The molecule has 2 atom stereocenters. The quantitative estimate of drug-likeness (QED) is 0.782. The van der Waals surface area contributed by atoms with Crippen LogP contribution in [0.1, 0.15) is 26.7 Å². The molecule has 2 unspecified atom stereocenters. The number of aliphatic hydroxyl groups is 1. The first kappa shape index (κ1) is 12.0. The third-order valence-electron chi connectivity index (χ3n) is 2.69. The minimum Gasteiger partial charge on any atom is -0.394 e. The molecule has 0 saturated carbocycles. The normalized spacial score (nSPS) is 24.4. The lowest BCUT2D eigenvalue weighted by Gasteiger charge is -2.26. The zero-order valence-corrected chi connectivity index (χ0v) is 10.3. The van der Waals surface area contributed by atoms with Gasteiger partial charge in [0.15, 0.2) is 0 Å². The fourth-order valence-corrected chi connectivity index (χ4v) is 2.02. The van der Waals surface area contributed by atoms with Crippen LogP contribution >= 0.6 is 15.9 Å². The Morgan fingerprint density at radius 3 is 2.79 bits per heavy atom. The van der Waals surface area contributed by atoms with Crippen molar-refractivity contribution in [2.45, 2.75) is 37.6 Å². The highest BCUT2D eigenvalue weighted by Gasteiger charge is 2.32. The molecule has 0 aromatic heterocycles. The van der Waals surface area contributed by atoms with Gasteiger partial charge in [-0.25, -0.2) is 0 Å². The Morgan fingerprint density at radius 1 is 1.64 bits per heavy atom. The average Bonchev–Trinajstić information content (AvgIpc) is 2.62. The molecule has 0 radical (unpaired) electrons. The van der Waals surface area contributed by atoms with E-state index in [1.807, 2.05) is 13.8 Å². The molecule has 0 aromatic carbocycles. The maximum atomic E-state index is 11.9. The van der Waals surface area contributed by atoms with Gasteiger partial charge in [-0.3, -0.25) is 4.79 Å². The van der Waals surface area contributed by atoms with E-state index in [1.54, 1.807) is 4.90 Å². The zero-order valence-electron chi connectivity index (χ0n) is 8.74. The van der Waals surface area contributed by atoms with Crippen molar-refractivity contribution in [3.05, 3.63) is 0 Å². The van der Waals surface area contributed by atoms with Crippen LogP contribution in [-0.4, -0.2) is 39.9 Å². The fourth-order valence-electron chi connectivity index (χ4n) is 1.76. The van der Waals surface area contributed by atoms with Crippen LogP contribution in [0.4, 0.5) is 0 Å². The van der Waals surface area contributed by atoms with Gasteiger partial charge >= 0.3 is 0 Å². The van der Waals surface area contributed by atoms with E-state index < -0.39 is 0 Å².